The predicted molar refractivity (Wildman–Crippen MR) is 45.7 cm³/mol. The second kappa shape index (κ2) is 2.60. The Morgan fingerprint density at radius 3 is 2.83 bits per heavy atom. The summed E-state index contributed by atoms with van der Waals surface area (Å²) in [4.78, 5) is 4.00. The predicted octanol–water partition coefficient (Wildman–Crippen LogP) is 2.14. The van der Waals surface area contributed by atoms with Crippen molar-refractivity contribution in [1.82, 2.24) is 4.98 Å². The van der Waals surface area contributed by atoms with E-state index in [0.29, 0.717) is 5.92 Å². The van der Waals surface area contributed by atoms with Crippen LogP contribution in [0.5, 0.6) is 0 Å². The molecule has 1 fully saturated rings. The molecule has 1 heterocycles. The molecule has 1 saturated carbocycles. The minimum absolute atomic E-state index is 0.641. The average molecular weight is 158 g/mol. The van der Waals surface area contributed by atoms with Gasteiger partial charge in [-0.05, 0) is 36.8 Å². The van der Waals surface area contributed by atoms with Gasteiger partial charge in [-0.1, -0.05) is 0 Å². The molecule has 0 aliphatic heterocycles. The molecule has 0 amide bonds. The summed E-state index contributed by atoms with van der Waals surface area (Å²) in [7, 11) is 0. The van der Waals surface area contributed by atoms with Gasteiger partial charge in [-0.25, -0.2) is 0 Å². The van der Waals surface area contributed by atoms with Crippen LogP contribution < -0.4 is 0 Å². The highest BCUT2D eigenvalue weighted by atomic mass is 14.6. The van der Waals surface area contributed by atoms with E-state index in [1.807, 2.05) is 13.1 Å². The van der Waals surface area contributed by atoms with Crippen molar-refractivity contribution < 1.29 is 0 Å². The SMILES string of the molecule is Cc1cncc(C#N)c1C1CC1. The molecule has 0 N–H and O–H groups in total. The topological polar surface area (TPSA) is 36.7 Å². The molecule has 1 aromatic rings. The average Bonchev–Trinajstić information content (AvgIpc) is 2.87. The Labute approximate surface area is 71.9 Å². The second-order valence-corrected chi connectivity index (χ2v) is 3.30. The number of nitrogens with zero attached hydrogens (tertiary/aromatic N) is 2. The van der Waals surface area contributed by atoms with Gasteiger partial charge in [-0.3, -0.25) is 4.98 Å². The molecule has 2 rings (SSSR count). The van der Waals surface area contributed by atoms with Crippen LogP contribution in [0.25, 0.3) is 0 Å². The highest BCUT2D eigenvalue weighted by Gasteiger charge is 2.27. The molecule has 0 radical (unpaired) electrons. The number of aromatic nitrogens is 1. The third kappa shape index (κ3) is 1.08. The lowest BCUT2D eigenvalue weighted by atomic mass is 10.0. The quantitative estimate of drug-likeness (QED) is 0.627. The summed E-state index contributed by atoms with van der Waals surface area (Å²) in [6.07, 6.45) is 5.98. The molecule has 0 saturated heterocycles. The minimum atomic E-state index is 0.641. The molecule has 0 atom stereocenters. The van der Waals surface area contributed by atoms with Crippen molar-refractivity contribution in [3.05, 3.63) is 29.1 Å². The maximum Gasteiger partial charge on any atom is 0.101 e. The Morgan fingerprint density at radius 2 is 2.25 bits per heavy atom. The summed E-state index contributed by atoms with van der Waals surface area (Å²) in [6.45, 7) is 2.03. The maximum atomic E-state index is 8.83. The second-order valence-electron chi connectivity index (χ2n) is 3.30. The number of hydrogen-bond acceptors (Lipinski definition) is 2. The molecule has 1 aromatic heterocycles. The van der Waals surface area contributed by atoms with E-state index >= 15 is 0 Å². The van der Waals surface area contributed by atoms with Crippen LogP contribution in [0.15, 0.2) is 12.4 Å². The smallest absolute Gasteiger partial charge is 0.101 e. The van der Waals surface area contributed by atoms with E-state index in [2.05, 4.69) is 11.1 Å². The van der Waals surface area contributed by atoms with Gasteiger partial charge < -0.3 is 0 Å². The summed E-state index contributed by atoms with van der Waals surface area (Å²) < 4.78 is 0. The zero-order valence-corrected chi connectivity index (χ0v) is 7.04. The monoisotopic (exact) mass is 158 g/mol. The van der Waals surface area contributed by atoms with Gasteiger partial charge in [0.2, 0.25) is 0 Å². The van der Waals surface area contributed by atoms with Crippen molar-refractivity contribution in [2.75, 3.05) is 0 Å². The number of aryl methyl sites for hydroxylation is 1. The fourth-order valence-electron chi connectivity index (χ4n) is 1.58. The third-order valence-corrected chi connectivity index (χ3v) is 2.29. The molecule has 0 unspecified atom stereocenters. The van der Waals surface area contributed by atoms with E-state index < -0.39 is 0 Å². The van der Waals surface area contributed by atoms with Gasteiger partial charge in [0.25, 0.3) is 0 Å². The van der Waals surface area contributed by atoms with Crippen LogP contribution in [0.1, 0.15) is 35.4 Å². The lowest BCUT2D eigenvalue weighted by Crippen LogP contribution is -1.92. The van der Waals surface area contributed by atoms with Crippen molar-refractivity contribution in [3.63, 3.8) is 0 Å². The zero-order chi connectivity index (χ0) is 8.55. The van der Waals surface area contributed by atoms with Gasteiger partial charge in [0.1, 0.15) is 6.07 Å². The zero-order valence-electron chi connectivity index (χ0n) is 7.04. The fourth-order valence-corrected chi connectivity index (χ4v) is 1.58. The highest BCUT2D eigenvalue weighted by molar-refractivity contribution is 5.43. The van der Waals surface area contributed by atoms with Crippen molar-refractivity contribution in [2.45, 2.75) is 25.7 Å². The van der Waals surface area contributed by atoms with Crippen molar-refractivity contribution in [2.24, 2.45) is 0 Å². The molecule has 0 aromatic carbocycles. The molecule has 1 aliphatic rings. The van der Waals surface area contributed by atoms with Crippen LogP contribution in [-0.2, 0) is 0 Å². The molecular weight excluding hydrogens is 148 g/mol. The van der Waals surface area contributed by atoms with Crippen molar-refractivity contribution >= 4 is 0 Å². The minimum Gasteiger partial charge on any atom is -0.263 e. The summed E-state index contributed by atoms with van der Waals surface area (Å²) >= 11 is 0. The number of hydrogen-bond donors (Lipinski definition) is 0. The number of pyridine rings is 1. The van der Waals surface area contributed by atoms with Crippen LogP contribution in [0.3, 0.4) is 0 Å². The van der Waals surface area contributed by atoms with E-state index in [4.69, 9.17) is 5.26 Å². The summed E-state index contributed by atoms with van der Waals surface area (Å²) in [5, 5.41) is 8.83. The third-order valence-electron chi connectivity index (χ3n) is 2.29. The first kappa shape index (κ1) is 7.30. The summed E-state index contributed by atoms with van der Waals surface area (Å²) in [5.74, 6) is 0.641. The molecule has 1 aliphatic carbocycles. The van der Waals surface area contributed by atoms with Crippen LogP contribution in [0, 0.1) is 18.3 Å². The van der Waals surface area contributed by atoms with Gasteiger partial charge >= 0.3 is 0 Å². The van der Waals surface area contributed by atoms with Crippen LogP contribution in [0.4, 0.5) is 0 Å². The van der Waals surface area contributed by atoms with Gasteiger partial charge in [-0.15, -0.1) is 0 Å². The first-order valence-electron chi connectivity index (χ1n) is 4.17. The van der Waals surface area contributed by atoms with Crippen molar-refractivity contribution in [3.8, 4) is 6.07 Å². The first-order chi connectivity index (χ1) is 5.83. The van der Waals surface area contributed by atoms with E-state index in [-0.39, 0.29) is 0 Å². The standard InChI is InChI=1S/C10H10N2/c1-7-5-12-6-9(4-11)10(7)8-2-3-8/h5-6,8H,2-3H2,1H3. The largest absolute Gasteiger partial charge is 0.263 e. The lowest BCUT2D eigenvalue weighted by Gasteiger charge is -2.03. The Morgan fingerprint density at radius 1 is 1.50 bits per heavy atom. The lowest BCUT2D eigenvalue weighted by molar-refractivity contribution is 1.06. The van der Waals surface area contributed by atoms with E-state index in [1.165, 1.54) is 18.4 Å². The van der Waals surface area contributed by atoms with Crippen LogP contribution in [-0.4, -0.2) is 4.98 Å². The van der Waals surface area contributed by atoms with Gasteiger partial charge in [0.15, 0.2) is 0 Å². The van der Waals surface area contributed by atoms with E-state index in [9.17, 15) is 0 Å². The fraction of sp³-hybridized carbons (Fsp3) is 0.400. The highest BCUT2D eigenvalue weighted by Crippen LogP contribution is 2.42. The van der Waals surface area contributed by atoms with Gasteiger partial charge in [0, 0.05) is 12.4 Å². The molecule has 12 heavy (non-hydrogen) atoms. The Kier molecular flexibility index (Phi) is 1.58. The van der Waals surface area contributed by atoms with Crippen LogP contribution >= 0.6 is 0 Å². The Balaban J connectivity index is 2.54. The molecule has 60 valence electrons. The van der Waals surface area contributed by atoms with E-state index in [1.54, 1.807) is 6.20 Å². The van der Waals surface area contributed by atoms with Crippen molar-refractivity contribution in [1.29, 1.82) is 5.26 Å². The molecular formula is C10H10N2. The molecule has 2 nitrogen and oxygen atoms in total. The van der Waals surface area contributed by atoms with Gasteiger partial charge in [-0.2, -0.15) is 5.26 Å². The Bertz CT molecular complexity index is 345. The van der Waals surface area contributed by atoms with Crippen LogP contribution in [0.2, 0.25) is 0 Å². The molecule has 0 spiro atoms. The van der Waals surface area contributed by atoms with Gasteiger partial charge in [0.05, 0.1) is 5.56 Å². The van der Waals surface area contributed by atoms with E-state index in [0.717, 1.165) is 11.1 Å². The normalized spacial score (nSPS) is 15.7. The Hall–Kier alpha value is -1.36. The number of rotatable bonds is 1. The molecule has 0 bridgehead atoms. The number of nitriles is 1. The maximum absolute atomic E-state index is 8.83. The first-order valence-corrected chi connectivity index (χ1v) is 4.17. The summed E-state index contributed by atoms with van der Waals surface area (Å²) in [5.41, 5.74) is 3.15. The molecule has 2 heteroatoms. The summed E-state index contributed by atoms with van der Waals surface area (Å²) in [6, 6.07) is 2.20.